The lowest BCUT2D eigenvalue weighted by Crippen LogP contribution is -2.43. The highest BCUT2D eigenvalue weighted by molar-refractivity contribution is 5.74. The average molecular weight is 297 g/mol. The zero-order chi connectivity index (χ0) is 15.2. The number of aliphatic hydroxyl groups is 1. The first-order chi connectivity index (χ1) is 9.30. The maximum Gasteiger partial charge on any atom is 0.401 e. The predicted octanol–water partition coefficient (Wildman–Crippen LogP) is 0.941. The molecular formula is C12H22F3N3O2. The molecule has 0 radical (unpaired) electrons. The van der Waals surface area contributed by atoms with E-state index in [0.29, 0.717) is 32.5 Å². The molecule has 1 unspecified atom stereocenters. The third kappa shape index (κ3) is 6.95. The molecular weight excluding hydrogens is 275 g/mol. The van der Waals surface area contributed by atoms with Gasteiger partial charge in [0.05, 0.1) is 6.54 Å². The molecule has 2 atom stereocenters. The minimum Gasteiger partial charge on any atom is -0.396 e. The van der Waals surface area contributed by atoms with Crippen molar-refractivity contribution >= 4 is 6.03 Å². The van der Waals surface area contributed by atoms with Gasteiger partial charge in [-0.1, -0.05) is 0 Å². The minimum absolute atomic E-state index is 0.00350. The maximum atomic E-state index is 12.2. The van der Waals surface area contributed by atoms with Gasteiger partial charge in [0.1, 0.15) is 0 Å². The molecule has 1 fully saturated rings. The van der Waals surface area contributed by atoms with Gasteiger partial charge in [-0.2, -0.15) is 13.2 Å². The second-order valence-electron chi connectivity index (χ2n) is 5.27. The van der Waals surface area contributed by atoms with E-state index in [1.54, 1.807) is 6.92 Å². The Labute approximate surface area is 116 Å². The number of hydrogen-bond donors (Lipinski definition) is 3. The second-order valence-corrected chi connectivity index (χ2v) is 5.27. The number of carbonyl (C=O) groups excluding carboxylic acids is 1. The van der Waals surface area contributed by atoms with Gasteiger partial charge in [-0.25, -0.2) is 4.79 Å². The number of carbonyl (C=O) groups is 1. The summed E-state index contributed by atoms with van der Waals surface area (Å²) in [6, 6.07) is -0.481. The first-order valence-electron chi connectivity index (χ1n) is 6.74. The Bertz CT molecular complexity index is 313. The predicted molar refractivity (Wildman–Crippen MR) is 68.3 cm³/mol. The molecule has 1 rings (SSSR count). The third-order valence-corrected chi connectivity index (χ3v) is 3.26. The summed E-state index contributed by atoms with van der Waals surface area (Å²) in [4.78, 5) is 12.9. The molecule has 1 heterocycles. The summed E-state index contributed by atoms with van der Waals surface area (Å²) in [6.07, 6.45) is -3.04. The molecule has 0 bridgehead atoms. The number of hydrogen-bond acceptors (Lipinski definition) is 3. The molecule has 0 aromatic carbocycles. The van der Waals surface area contributed by atoms with Gasteiger partial charge in [0.2, 0.25) is 0 Å². The van der Waals surface area contributed by atoms with Gasteiger partial charge < -0.3 is 15.7 Å². The van der Waals surface area contributed by atoms with Crippen LogP contribution in [0.1, 0.15) is 19.8 Å². The third-order valence-electron chi connectivity index (χ3n) is 3.26. The Kier molecular flexibility index (Phi) is 6.54. The molecule has 8 heteroatoms. The Hall–Kier alpha value is -1.02. The van der Waals surface area contributed by atoms with Crippen molar-refractivity contribution < 1.29 is 23.1 Å². The number of alkyl halides is 3. The number of likely N-dealkylation sites (tertiary alicyclic amines) is 1. The fourth-order valence-electron chi connectivity index (χ4n) is 2.25. The maximum absolute atomic E-state index is 12.2. The lowest BCUT2D eigenvalue weighted by atomic mass is 10.1. The lowest BCUT2D eigenvalue weighted by molar-refractivity contribution is -0.143. The molecule has 0 aromatic heterocycles. The fourth-order valence-corrected chi connectivity index (χ4v) is 2.25. The van der Waals surface area contributed by atoms with Gasteiger partial charge >= 0.3 is 12.2 Å². The number of rotatable bonds is 6. The van der Waals surface area contributed by atoms with E-state index in [4.69, 9.17) is 5.11 Å². The molecule has 5 nitrogen and oxygen atoms in total. The molecule has 3 N–H and O–H groups in total. The fraction of sp³-hybridized carbons (Fsp3) is 0.917. The molecule has 2 amide bonds. The van der Waals surface area contributed by atoms with E-state index >= 15 is 0 Å². The molecule has 1 aliphatic heterocycles. The number of aliphatic hydroxyl groups excluding tert-OH is 1. The molecule has 20 heavy (non-hydrogen) atoms. The van der Waals surface area contributed by atoms with E-state index in [-0.39, 0.29) is 24.6 Å². The largest absolute Gasteiger partial charge is 0.401 e. The summed E-state index contributed by atoms with van der Waals surface area (Å²) in [6.45, 7) is 2.02. The van der Waals surface area contributed by atoms with Crippen molar-refractivity contribution in [2.24, 2.45) is 5.92 Å². The van der Waals surface area contributed by atoms with Gasteiger partial charge in [-0.05, 0) is 32.2 Å². The zero-order valence-electron chi connectivity index (χ0n) is 11.5. The van der Waals surface area contributed by atoms with Crippen molar-refractivity contribution in [3.05, 3.63) is 0 Å². The van der Waals surface area contributed by atoms with Crippen LogP contribution in [-0.4, -0.2) is 61.0 Å². The van der Waals surface area contributed by atoms with Crippen molar-refractivity contribution in [2.45, 2.75) is 32.0 Å². The van der Waals surface area contributed by atoms with Crippen LogP contribution in [0.25, 0.3) is 0 Å². The Morgan fingerprint density at radius 1 is 1.50 bits per heavy atom. The molecule has 118 valence electrons. The summed E-state index contributed by atoms with van der Waals surface area (Å²) in [5.41, 5.74) is 0. The van der Waals surface area contributed by atoms with Gasteiger partial charge in [0.25, 0.3) is 0 Å². The van der Waals surface area contributed by atoms with E-state index in [1.807, 2.05) is 0 Å². The van der Waals surface area contributed by atoms with E-state index in [9.17, 15) is 18.0 Å². The number of amides is 2. The highest BCUT2D eigenvalue weighted by Crippen LogP contribution is 2.22. The standard InChI is InChI=1S/C12H22F3N3O2/c1-9(3-5-19)17-11(20)16-6-10-2-4-18(7-10)8-12(13,14)15/h9-10,19H,2-8H2,1H3,(H2,16,17,20)/t9-,10?/m1/s1. The molecule has 1 aliphatic rings. The summed E-state index contributed by atoms with van der Waals surface area (Å²) in [7, 11) is 0. The molecule has 1 saturated heterocycles. The van der Waals surface area contributed by atoms with E-state index in [0.717, 1.165) is 0 Å². The van der Waals surface area contributed by atoms with Crippen LogP contribution in [0.3, 0.4) is 0 Å². The van der Waals surface area contributed by atoms with Crippen molar-refractivity contribution in [1.82, 2.24) is 15.5 Å². The monoisotopic (exact) mass is 297 g/mol. The Balaban J connectivity index is 2.19. The molecule has 0 saturated carbocycles. The van der Waals surface area contributed by atoms with Crippen LogP contribution in [0.4, 0.5) is 18.0 Å². The van der Waals surface area contributed by atoms with Crippen molar-refractivity contribution in [2.75, 3.05) is 32.8 Å². The number of nitrogens with one attached hydrogen (secondary N) is 2. The lowest BCUT2D eigenvalue weighted by Gasteiger charge is -2.18. The van der Waals surface area contributed by atoms with Crippen molar-refractivity contribution in [3.8, 4) is 0 Å². The first kappa shape index (κ1) is 17.0. The Morgan fingerprint density at radius 3 is 2.80 bits per heavy atom. The second kappa shape index (κ2) is 7.68. The number of nitrogens with zero attached hydrogens (tertiary/aromatic N) is 1. The smallest absolute Gasteiger partial charge is 0.396 e. The quantitative estimate of drug-likeness (QED) is 0.684. The van der Waals surface area contributed by atoms with E-state index < -0.39 is 12.7 Å². The normalized spacial score (nSPS) is 21.8. The SMILES string of the molecule is C[C@H](CCO)NC(=O)NCC1CCN(CC(F)(F)F)C1. The summed E-state index contributed by atoms with van der Waals surface area (Å²) < 4.78 is 36.7. The highest BCUT2D eigenvalue weighted by Gasteiger charge is 2.34. The summed E-state index contributed by atoms with van der Waals surface area (Å²) >= 11 is 0. The van der Waals surface area contributed by atoms with Gasteiger partial charge in [0, 0.05) is 25.7 Å². The van der Waals surface area contributed by atoms with E-state index in [1.165, 1.54) is 4.90 Å². The number of urea groups is 1. The van der Waals surface area contributed by atoms with Crippen LogP contribution in [0.5, 0.6) is 0 Å². The Morgan fingerprint density at radius 2 is 2.20 bits per heavy atom. The van der Waals surface area contributed by atoms with Crippen LogP contribution >= 0.6 is 0 Å². The van der Waals surface area contributed by atoms with Crippen LogP contribution in [-0.2, 0) is 0 Å². The van der Waals surface area contributed by atoms with Gasteiger partial charge in [-0.3, -0.25) is 4.90 Å². The van der Waals surface area contributed by atoms with Crippen LogP contribution in [0.15, 0.2) is 0 Å². The van der Waals surface area contributed by atoms with Crippen molar-refractivity contribution in [3.63, 3.8) is 0 Å². The summed E-state index contributed by atoms with van der Waals surface area (Å²) in [5.74, 6) is 0.0521. The summed E-state index contributed by atoms with van der Waals surface area (Å²) in [5, 5.41) is 14.0. The topological polar surface area (TPSA) is 64.6 Å². The van der Waals surface area contributed by atoms with E-state index in [2.05, 4.69) is 10.6 Å². The van der Waals surface area contributed by atoms with Gasteiger partial charge in [0.15, 0.2) is 0 Å². The molecule has 0 aliphatic carbocycles. The minimum atomic E-state index is -4.17. The molecule has 0 spiro atoms. The first-order valence-corrected chi connectivity index (χ1v) is 6.74. The number of halogens is 3. The molecule has 0 aromatic rings. The van der Waals surface area contributed by atoms with Crippen LogP contribution < -0.4 is 10.6 Å². The highest BCUT2D eigenvalue weighted by atomic mass is 19.4. The van der Waals surface area contributed by atoms with Crippen LogP contribution in [0, 0.1) is 5.92 Å². The van der Waals surface area contributed by atoms with Crippen LogP contribution in [0.2, 0.25) is 0 Å². The van der Waals surface area contributed by atoms with Crippen molar-refractivity contribution in [1.29, 1.82) is 0 Å². The zero-order valence-corrected chi connectivity index (χ0v) is 11.5. The van der Waals surface area contributed by atoms with Gasteiger partial charge in [-0.15, -0.1) is 0 Å². The average Bonchev–Trinajstić information content (AvgIpc) is 2.72.